The van der Waals surface area contributed by atoms with Gasteiger partial charge in [-0.2, -0.15) is 0 Å². The number of aromatic nitrogens is 5. The number of nitrogens with one attached hydrogen (secondary N) is 3. The summed E-state index contributed by atoms with van der Waals surface area (Å²) in [5, 5.41) is 4.08. The van der Waals surface area contributed by atoms with Crippen LogP contribution in [0, 0.1) is 0 Å². The maximum atomic E-state index is 12.6. The van der Waals surface area contributed by atoms with Crippen LogP contribution in [0.2, 0.25) is 0 Å². The van der Waals surface area contributed by atoms with Crippen LogP contribution in [-0.4, -0.2) is 61.6 Å². The topological polar surface area (TPSA) is 121 Å². The minimum atomic E-state index is -0.247. The quantitative estimate of drug-likeness (QED) is 0.479. The second-order valence-corrected chi connectivity index (χ2v) is 6.86. The van der Waals surface area contributed by atoms with Crippen molar-refractivity contribution < 1.29 is 9.53 Å². The van der Waals surface area contributed by atoms with Crippen molar-refractivity contribution in [3.05, 3.63) is 47.3 Å². The third-order valence-corrected chi connectivity index (χ3v) is 5.00. The molecule has 3 aromatic heterocycles. The average molecular weight is 393 g/mol. The van der Waals surface area contributed by atoms with Crippen LogP contribution in [0.3, 0.4) is 0 Å². The molecule has 4 heterocycles. The maximum absolute atomic E-state index is 12.6. The fraction of sp³-hybridized carbons (Fsp3) is 0.263. The van der Waals surface area contributed by atoms with Gasteiger partial charge in [0, 0.05) is 25.0 Å². The summed E-state index contributed by atoms with van der Waals surface area (Å²) in [7, 11) is 0. The number of carbonyl (C=O) groups excluding carboxylic acids is 1. The smallest absolute Gasteiger partial charge is 0.323 e. The van der Waals surface area contributed by atoms with E-state index in [1.165, 1.54) is 6.33 Å². The third-order valence-electron chi connectivity index (χ3n) is 5.00. The molecule has 0 spiro atoms. The first-order valence-corrected chi connectivity index (χ1v) is 9.32. The number of H-pyrrole nitrogens is 2. The van der Waals surface area contributed by atoms with Gasteiger partial charge in [0.05, 0.1) is 29.6 Å². The van der Waals surface area contributed by atoms with Gasteiger partial charge in [-0.1, -0.05) is 0 Å². The Balaban J connectivity index is 1.41. The van der Waals surface area contributed by atoms with Gasteiger partial charge in [-0.15, -0.1) is 0 Å². The number of ether oxygens (including phenoxy) is 1. The number of rotatable bonds is 4. The second kappa shape index (κ2) is 7.06. The monoisotopic (exact) mass is 393 g/mol. The van der Waals surface area contributed by atoms with E-state index in [1.54, 1.807) is 0 Å². The number of anilines is 2. The van der Waals surface area contributed by atoms with Crippen LogP contribution in [0.1, 0.15) is 0 Å². The van der Waals surface area contributed by atoms with Crippen LogP contribution >= 0.6 is 0 Å². The Hall–Kier alpha value is -3.66. The molecular formula is C19H19N7O3. The minimum Gasteiger partial charge on any atom is -0.378 e. The van der Waals surface area contributed by atoms with E-state index in [1.807, 2.05) is 39.9 Å². The summed E-state index contributed by atoms with van der Waals surface area (Å²) in [6.07, 6.45) is 3.31. The van der Waals surface area contributed by atoms with Gasteiger partial charge in [-0.05, 0) is 24.3 Å². The lowest BCUT2D eigenvalue weighted by molar-refractivity contribution is -0.135. The van der Waals surface area contributed by atoms with Crippen molar-refractivity contribution in [2.24, 2.45) is 0 Å². The minimum absolute atomic E-state index is 0.0424. The molecule has 3 N–H and O–H groups in total. The van der Waals surface area contributed by atoms with Crippen molar-refractivity contribution in [1.29, 1.82) is 0 Å². The lowest BCUT2D eigenvalue weighted by atomic mass is 10.2. The molecule has 0 radical (unpaired) electrons. The molecule has 1 saturated heterocycles. The number of hydrogen-bond acceptors (Lipinski definition) is 6. The van der Waals surface area contributed by atoms with Crippen molar-refractivity contribution in [3.8, 4) is 0 Å². The van der Waals surface area contributed by atoms with Crippen molar-refractivity contribution in [2.45, 2.75) is 6.54 Å². The number of nitrogens with zero attached hydrogens (tertiary/aromatic N) is 4. The number of amides is 1. The molecule has 10 nitrogen and oxygen atoms in total. The Morgan fingerprint density at radius 2 is 1.97 bits per heavy atom. The molecular weight excluding hydrogens is 374 g/mol. The first kappa shape index (κ1) is 17.4. The van der Waals surface area contributed by atoms with Gasteiger partial charge in [0.1, 0.15) is 24.3 Å². The molecule has 10 heteroatoms. The second-order valence-electron chi connectivity index (χ2n) is 6.86. The SMILES string of the molecule is O=C(Cn1ccc2c(Nc3ccc4[nH]c(=O)[nH]c4c3)ncnc21)N1CCOCC1. The molecule has 1 aliphatic rings. The van der Waals surface area contributed by atoms with Crippen molar-refractivity contribution >= 4 is 39.5 Å². The maximum Gasteiger partial charge on any atom is 0.323 e. The molecule has 1 aromatic carbocycles. The molecule has 0 bridgehead atoms. The average Bonchev–Trinajstić information content (AvgIpc) is 3.31. The first-order valence-electron chi connectivity index (χ1n) is 9.32. The number of imidazole rings is 1. The van der Waals surface area contributed by atoms with Gasteiger partial charge < -0.3 is 29.5 Å². The molecule has 29 heavy (non-hydrogen) atoms. The van der Waals surface area contributed by atoms with Crippen molar-refractivity contribution in [3.63, 3.8) is 0 Å². The fourth-order valence-corrected chi connectivity index (χ4v) is 3.54. The summed E-state index contributed by atoms with van der Waals surface area (Å²) >= 11 is 0. The molecule has 0 saturated carbocycles. The Labute approximate surface area is 164 Å². The molecule has 4 aromatic rings. The molecule has 0 aliphatic carbocycles. The van der Waals surface area contributed by atoms with Crippen molar-refractivity contribution in [1.82, 2.24) is 29.4 Å². The predicted molar refractivity (Wildman–Crippen MR) is 107 cm³/mol. The standard InChI is InChI=1S/C19H19N7O3/c27-16(25-5-7-29-8-6-25)10-26-4-3-13-17(20-11-21-18(13)26)22-12-1-2-14-15(9-12)24-19(28)23-14/h1-4,9,11H,5-8,10H2,(H,20,21,22)(H2,23,24,28). The van der Waals surface area contributed by atoms with Gasteiger partial charge in [0.15, 0.2) is 0 Å². The van der Waals surface area contributed by atoms with Gasteiger partial charge in [0.25, 0.3) is 0 Å². The highest BCUT2D eigenvalue weighted by Crippen LogP contribution is 2.25. The fourth-order valence-electron chi connectivity index (χ4n) is 3.54. The summed E-state index contributed by atoms with van der Waals surface area (Å²) < 4.78 is 7.13. The van der Waals surface area contributed by atoms with Crippen molar-refractivity contribution in [2.75, 3.05) is 31.6 Å². The molecule has 1 fully saturated rings. The van der Waals surface area contributed by atoms with Crippen LogP contribution in [0.15, 0.2) is 41.6 Å². The highest BCUT2D eigenvalue weighted by atomic mass is 16.5. The number of morpholine rings is 1. The van der Waals surface area contributed by atoms with E-state index in [-0.39, 0.29) is 18.1 Å². The molecule has 1 amide bonds. The van der Waals surface area contributed by atoms with Gasteiger partial charge >= 0.3 is 5.69 Å². The molecule has 0 unspecified atom stereocenters. The highest BCUT2D eigenvalue weighted by Gasteiger charge is 2.18. The van der Waals surface area contributed by atoms with Gasteiger partial charge in [0.2, 0.25) is 5.91 Å². The lowest BCUT2D eigenvalue weighted by Gasteiger charge is -2.27. The van der Waals surface area contributed by atoms with Gasteiger partial charge in [-0.3, -0.25) is 4.79 Å². The largest absolute Gasteiger partial charge is 0.378 e. The van der Waals surface area contributed by atoms with E-state index >= 15 is 0 Å². The van der Waals surface area contributed by atoms with E-state index in [0.717, 1.165) is 16.6 Å². The molecule has 148 valence electrons. The van der Waals surface area contributed by atoms with Crippen LogP contribution in [0.5, 0.6) is 0 Å². The third kappa shape index (κ3) is 3.34. The van der Waals surface area contributed by atoms with E-state index in [2.05, 4.69) is 25.3 Å². The highest BCUT2D eigenvalue weighted by molar-refractivity contribution is 5.91. The summed E-state index contributed by atoms with van der Waals surface area (Å²) in [6, 6.07) is 7.40. The summed E-state index contributed by atoms with van der Waals surface area (Å²) in [6.45, 7) is 2.60. The normalized spacial score (nSPS) is 14.6. The molecule has 1 aliphatic heterocycles. The zero-order valence-electron chi connectivity index (χ0n) is 15.5. The number of carbonyl (C=O) groups is 1. The number of fused-ring (bicyclic) bond motifs is 2. The van der Waals surface area contributed by atoms with Crippen LogP contribution in [0.25, 0.3) is 22.1 Å². The van der Waals surface area contributed by atoms with Crippen LogP contribution in [-0.2, 0) is 16.1 Å². The Morgan fingerprint density at radius 3 is 2.83 bits per heavy atom. The lowest BCUT2D eigenvalue weighted by Crippen LogP contribution is -2.42. The summed E-state index contributed by atoms with van der Waals surface area (Å²) in [5.41, 5.74) is 2.66. The Bertz CT molecular complexity index is 1250. The Morgan fingerprint density at radius 1 is 1.14 bits per heavy atom. The van der Waals surface area contributed by atoms with E-state index in [4.69, 9.17) is 4.74 Å². The van der Waals surface area contributed by atoms with E-state index in [0.29, 0.717) is 43.3 Å². The summed E-state index contributed by atoms with van der Waals surface area (Å²) in [5.74, 6) is 0.672. The first-order chi connectivity index (χ1) is 14.2. The zero-order chi connectivity index (χ0) is 19.8. The molecule has 0 atom stereocenters. The van der Waals surface area contributed by atoms with E-state index in [9.17, 15) is 9.59 Å². The number of aromatic amines is 2. The summed E-state index contributed by atoms with van der Waals surface area (Å²) in [4.78, 5) is 40.0. The number of hydrogen-bond donors (Lipinski definition) is 3. The van der Waals surface area contributed by atoms with Gasteiger partial charge in [-0.25, -0.2) is 14.8 Å². The predicted octanol–water partition coefficient (Wildman–Crippen LogP) is 1.20. The van der Waals surface area contributed by atoms with Crippen LogP contribution in [0.4, 0.5) is 11.5 Å². The number of benzene rings is 1. The van der Waals surface area contributed by atoms with E-state index < -0.39 is 0 Å². The molecule has 5 rings (SSSR count). The Kier molecular flexibility index (Phi) is 4.24. The zero-order valence-corrected chi connectivity index (χ0v) is 15.5. The van der Waals surface area contributed by atoms with Crippen LogP contribution < -0.4 is 11.0 Å².